The first kappa shape index (κ1) is 16.5. The Morgan fingerprint density at radius 3 is 2.58 bits per heavy atom. The molecule has 0 amide bonds. The van der Waals surface area contributed by atoms with Crippen LogP contribution in [0, 0.1) is 0 Å². The van der Waals surface area contributed by atoms with Gasteiger partial charge in [0.05, 0.1) is 47.2 Å². The molecular formula is C16H21Cl2N5O3. The SMILES string of the molecule is [2H]c1c([2H])c(Cl)c(Cl)c(-c2nnc(NCCOCCOCCOC)nc2N)c1[2H]. The summed E-state index contributed by atoms with van der Waals surface area (Å²) in [5, 5.41) is 10.5. The van der Waals surface area contributed by atoms with Gasteiger partial charge in [-0.3, -0.25) is 0 Å². The second kappa shape index (κ2) is 11.1. The van der Waals surface area contributed by atoms with E-state index in [9.17, 15) is 0 Å². The van der Waals surface area contributed by atoms with E-state index in [0.29, 0.717) is 39.6 Å². The molecule has 0 bridgehead atoms. The molecule has 0 aliphatic heterocycles. The molecule has 1 aromatic heterocycles. The molecule has 0 spiro atoms. The number of hydrogen-bond acceptors (Lipinski definition) is 8. The summed E-state index contributed by atoms with van der Waals surface area (Å²) in [4.78, 5) is 4.09. The van der Waals surface area contributed by atoms with Crippen LogP contribution in [0.4, 0.5) is 11.8 Å². The summed E-state index contributed by atoms with van der Waals surface area (Å²) in [7, 11) is 1.61. The van der Waals surface area contributed by atoms with Gasteiger partial charge < -0.3 is 25.3 Å². The van der Waals surface area contributed by atoms with Crippen molar-refractivity contribution in [3.8, 4) is 11.3 Å². The summed E-state index contributed by atoms with van der Waals surface area (Å²) >= 11 is 12.1. The van der Waals surface area contributed by atoms with Crippen molar-refractivity contribution in [1.82, 2.24) is 15.2 Å². The number of halogens is 2. The second-order valence-electron chi connectivity index (χ2n) is 4.89. The summed E-state index contributed by atoms with van der Waals surface area (Å²) in [6.45, 7) is 2.78. The lowest BCUT2D eigenvalue weighted by atomic mass is 10.1. The highest BCUT2D eigenvalue weighted by Gasteiger charge is 2.13. The topological polar surface area (TPSA) is 104 Å². The fourth-order valence-electron chi connectivity index (χ4n) is 1.82. The Bertz CT molecular complexity index is 819. The third-order valence-electron chi connectivity index (χ3n) is 3.06. The number of ether oxygens (including phenoxy) is 3. The average molecular weight is 405 g/mol. The molecule has 2 aromatic rings. The quantitative estimate of drug-likeness (QED) is 0.550. The maximum Gasteiger partial charge on any atom is 0.244 e. The zero-order valence-electron chi connectivity index (χ0n) is 17.1. The maximum absolute atomic E-state index is 8.04. The third-order valence-corrected chi connectivity index (χ3v) is 3.81. The number of nitrogen functional groups attached to an aromatic ring is 1. The van der Waals surface area contributed by atoms with E-state index in [-0.39, 0.29) is 51.2 Å². The van der Waals surface area contributed by atoms with Crippen LogP contribution in [0.15, 0.2) is 18.1 Å². The van der Waals surface area contributed by atoms with E-state index in [1.807, 2.05) is 0 Å². The van der Waals surface area contributed by atoms with Crippen molar-refractivity contribution in [2.75, 3.05) is 57.7 Å². The molecular weight excluding hydrogens is 381 g/mol. The molecule has 10 heteroatoms. The minimum absolute atomic E-state index is 0.0125. The molecule has 0 aliphatic rings. The Balaban J connectivity index is 1.95. The van der Waals surface area contributed by atoms with Crippen LogP contribution in [0.2, 0.25) is 10.0 Å². The average Bonchev–Trinajstić information content (AvgIpc) is 2.71. The standard InChI is InChI=1S/C16H21Cl2N5O3/c1-24-7-8-26-10-9-25-6-5-20-16-21-15(19)14(22-23-16)11-3-2-4-12(17)13(11)18/h2-4H,5-10H2,1H3,(H3,19,20,21,23)/i2D,3D,4D. The van der Waals surface area contributed by atoms with Gasteiger partial charge in [0.15, 0.2) is 5.82 Å². The molecule has 1 aromatic carbocycles. The lowest BCUT2D eigenvalue weighted by Crippen LogP contribution is -2.15. The Morgan fingerprint density at radius 2 is 1.85 bits per heavy atom. The van der Waals surface area contributed by atoms with E-state index in [1.165, 1.54) is 0 Å². The van der Waals surface area contributed by atoms with Crippen LogP contribution in [0.5, 0.6) is 0 Å². The van der Waals surface area contributed by atoms with Crippen molar-refractivity contribution in [1.29, 1.82) is 0 Å². The molecule has 2 rings (SSSR count). The predicted octanol–water partition coefficient (Wildman–Crippen LogP) is 2.52. The van der Waals surface area contributed by atoms with Crippen LogP contribution < -0.4 is 11.1 Å². The molecule has 0 saturated heterocycles. The summed E-state index contributed by atoms with van der Waals surface area (Å²) in [5.41, 5.74) is 5.97. The Kier molecular flexibility index (Phi) is 7.03. The van der Waals surface area contributed by atoms with Crippen molar-refractivity contribution in [2.45, 2.75) is 0 Å². The molecule has 0 atom stereocenters. The number of methoxy groups -OCH3 is 1. The van der Waals surface area contributed by atoms with E-state index >= 15 is 0 Å². The molecule has 8 nitrogen and oxygen atoms in total. The van der Waals surface area contributed by atoms with E-state index in [2.05, 4.69) is 20.5 Å². The number of anilines is 2. The molecule has 0 saturated carbocycles. The van der Waals surface area contributed by atoms with Crippen molar-refractivity contribution >= 4 is 35.0 Å². The van der Waals surface area contributed by atoms with Crippen LogP contribution in [0.1, 0.15) is 4.11 Å². The molecule has 0 aliphatic carbocycles. The molecule has 0 unspecified atom stereocenters. The van der Waals surface area contributed by atoms with Gasteiger partial charge in [-0.25, -0.2) is 0 Å². The first-order chi connectivity index (χ1) is 13.9. The number of aromatic nitrogens is 3. The van der Waals surface area contributed by atoms with Gasteiger partial charge in [-0.2, -0.15) is 4.98 Å². The van der Waals surface area contributed by atoms with Gasteiger partial charge in [0.25, 0.3) is 0 Å². The van der Waals surface area contributed by atoms with Gasteiger partial charge >= 0.3 is 0 Å². The normalized spacial score (nSPS) is 12.5. The minimum Gasteiger partial charge on any atom is -0.382 e. The summed E-state index contributed by atoms with van der Waals surface area (Å²) in [5.74, 6) is 0.127. The highest BCUT2D eigenvalue weighted by molar-refractivity contribution is 6.43. The first-order valence-electron chi connectivity index (χ1n) is 9.22. The molecule has 26 heavy (non-hydrogen) atoms. The second-order valence-corrected chi connectivity index (χ2v) is 5.65. The predicted molar refractivity (Wildman–Crippen MR) is 102 cm³/mol. The number of nitrogens with two attached hydrogens (primary N) is 1. The molecule has 142 valence electrons. The third kappa shape index (κ3) is 6.22. The molecule has 1 heterocycles. The maximum atomic E-state index is 8.04. The number of nitrogens with one attached hydrogen (secondary N) is 1. The Labute approximate surface area is 166 Å². The van der Waals surface area contributed by atoms with Gasteiger partial charge in [0.2, 0.25) is 5.95 Å². The fourth-order valence-corrected chi connectivity index (χ4v) is 2.15. The number of hydrogen-bond donors (Lipinski definition) is 2. The van der Waals surface area contributed by atoms with Crippen molar-refractivity contribution in [3.05, 3.63) is 28.2 Å². The number of rotatable bonds is 11. The van der Waals surface area contributed by atoms with Gasteiger partial charge in [0.1, 0.15) is 5.69 Å². The van der Waals surface area contributed by atoms with E-state index < -0.39 is 0 Å². The van der Waals surface area contributed by atoms with Crippen molar-refractivity contribution in [2.24, 2.45) is 0 Å². The zero-order chi connectivity index (χ0) is 21.4. The fraction of sp³-hybridized carbons (Fsp3) is 0.438. The summed E-state index contributed by atoms with van der Waals surface area (Å²) in [6.07, 6.45) is 0. The van der Waals surface area contributed by atoms with Crippen molar-refractivity contribution < 1.29 is 18.3 Å². The highest BCUT2D eigenvalue weighted by atomic mass is 35.5. The van der Waals surface area contributed by atoms with Crippen LogP contribution in [0.25, 0.3) is 11.3 Å². The smallest absolute Gasteiger partial charge is 0.244 e. The molecule has 3 N–H and O–H groups in total. The largest absolute Gasteiger partial charge is 0.382 e. The Hall–Kier alpha value is -1.71. The monoisotopic (exact) mass is 404 g/mol. The highest BCUT2D eigenvalue weighted by Crippen LogP contribution is 2.34. The number of nitrogens with zero attached hydrogens (tertiary/aromatic N) is 3. The van der Waals surface area contributed by atoms with Gasteiger partial charge in [-0.05, 0) is 6.04 Å². The van der Waals surface area contributed by atoms with Gasteiger partial charge in [-0.15, -0.1) is 10.2 Å². The zero-order valence-corrected chi connectivity index (χ0v) is 15.7. The first-order valence-corrected chi connectivity index (χ1v) is 8.47. The van der Waals surface area contributed by atoms with Crippen molar-refractivity contribution in [3.63, 3.8) is 0 Å². The molecule has 0 radical (unpaired) electrons. The van der Waals surface area contributed by atoms with E-state index in [0.717, 1.165) is 0 Å². The van der Waals surface area contributed by atoms with Crippen LogP contribution >= 0.6 is 23.2 Å². The van der Waals surface area contributed by atoms with Gasteiger partial charge in [-0.1, -0.05) is 35.3 Å². The summed E-state index contributed by atoms with van der Waals surface area (Å²) in [6, 6.07) is -1.05. The van der Waals surface area contributed by atoms with E-state index in [1.54, 1.807) is 7.11 Å². The lowest BCUT2D eigenvalue weighted by molar-refractivity contribution is 0.0272. The summed E-state index contributed by atoms with van der Waals surface area (Å²) < 4.78 is 39.1. The minimum atomic E-state index is -0.388. The van der Waals surface area contributed by atoms with Gasteiger partial charge in [0, 0.05) is 19.2 Å². The van der Waals surface area contributed by atoms with Crippen LogP contribution in [-0.4, -0.2) is 61.9 Å². The van der Waals surface area contributed by atoms with Crippen LogP contribution in [-0.2, 0) is 14.2 Å². The molecule has 0 fully saturated rings. The lowest BCUT2D eigenvalue weighted by Gasteiger charge is -2.09. The van der Waals surface area contributed by atoms with Crippen LogP contribution in [0.3, 0.4) is 0 Å². The number of benzene rings is 1. The van der Waals surface area contributed by atoms with E-state index in [4.69, 9.17) is 47.3 Å². The Morgan fingerprint density at radius 1 is 1.12 bits per heavy atom.